The summed E-state index contributed by atoms with van der Waals surface area (Å²) in [4.78, 5) is 14.0. The second-order valence-electron chi connectivity index (χ2n) is 4.96. The van der Waals surface area contributed by atoms with Gasteiger partial charge in [-0.3, -0.25) is 9.89 Å². The molecule has 118 valence electrons. The molecule has 0 fully saturated rings. The molecule has 3 heterocycles. The highest BCUT2D eigenvalue weighted by atomic mass is 32.2. The van der Waals surface area contributed by atoms with E-state index in [0.29, 0.717) is 6.54 Å². The van der Waals surface area contributed by atoms with Gasteiger partial charge >= 0.3 is 0 Å². The first-order valence-electron chi connectivity index (χ1n) is 6.94. The molecule has 22 heavy (non-hydrogen) atoms. The molecule has 0 spiro atoms. The van der Waals surface area contributed by atoms with Gasteiger partial charge in [0.2, 0.25) is 15.9 Å². The van der Waals surface area contributed by atoms with Crippen molar-refractivity contribution in [3.8, 4) is 0 Å². The van der Waals surface area contributed by atoms with Gasteiger partial charge in [-0.15, -0.1) is 11.3 Å². The first kappa shape index (κ1) is 15.2. The Morgan fingerprint density at radius 1 is 1.50 bits per heavy atom. The van der Waals surface area contributed by atoms with Crippen LogP contribution >= 0.6 is 11.3 Å². The van der Waals surface area contributed by atoms with Crippen LogP contribution in [-0.4, -0.2) is 37.6 Å². The quantitative estimate of drug-likeness (QED) is 0.852. The van der Waals surface area contributed by atoms with E-state index in [4.69, 9.17) is 0 Å². The van der Waals surface area contributed by atoms with E-state index in [9.17, 15) is 13.2 Å². The summed E-state index contributed by atoms with van der Waals surface area (Å²) in [6, 6.07) is 3.22. The van der Waals surface area contributed by atoms with Crippen molar-refractivity contribution in [2.75, 3.05) is 18.0 Å². The van der Waals surface area contributed by atoms with E-state index in [0.717, 1.165) is 35.6 Å². The molecule has 7 nitrogen and oxygen atoms in total. The second kappa shape index (κ2) is 6.19. The number of rotatable bonds is 5. The zero-order valence-electron chi connectivity index (χ0n) is 11.8. The second-order valence-corrected chi connectivity index (χ2v) is 7.90. The van der Waals surface area contributed by atoms with Crippen LogP contribution in [0.2, 0.25) is 0 Å². The van der Waals surface area contributed by atoms with Crippen LogP contribution in [0.1, 0.15) is 18.5 Å². The number of sulfonamides is 1. The predicted octanol–water partition coefficient (Wildman–Crippen LogP) is 1.12. The molecule has 2 aromatic rings. The summed E-state index contributed by atoms with van der Waals surface area (Å²) in [6.07, 6.45) is 3.52. The van der Waals surface area contributed by atoms with Crippen LogP contribution in [0.3, 0.4) is 0 Å². The Balaban J connectivity index is 1.58. The van der Waals surface area contributed by atoms with Gasteiger partial charge in [0.05, 0.1) is 17.6 Å². The van der Waals surface area contributed by atoms with Crippen LogP contribution in [0.25, 0.3) is 0 Å². The summed E-state index contributed by atoms with van der Waals surface area (Å²) in [5.41, 5.74) is 1.76. The number of anilines is 1. The van der Waals surface area contributed by atoms with Crippen LogP contribution in [0.15, 0.2) is 27.9 Å². The molecule has 1 aliphatic rings. The number of fused-ring (bicyclic) bond motifs is 1. The molecular weight excluding hydrogens is 324 g/mol. The molecule has 0 aliphatic carbocycles. The third-order valence-electron chi connectivity index (χ3n) is 3.49. The largest absolute Gasteiger partial charge is 0.309 e. The van der Waals surface area contributed by atoms with Gasteiger partial charge in [0, 0.05) is 19.5 Å². The number of nitrogens with zero attached hydrogens (tertiary/aromatic N) is 2. The number of aromatic nitrogens is 2. The molecule has 0 saturated heterocycles. The number of H-pyrrole nitrogens is 1. The molecule has 3 rings (SSSR count). The predicted molar refractivity (Wildman–Crippen MR) is 83.4 cm³/mol. The summed E-state index contributed by atoms with van der Waals surface area (Å²) in [7, 11) is -3.51. The van der Waals surface area contributed by atoms with E-state index in [1.54, 1.807) is 22.5 Å². The molecule has 9 heteroatoms. The molecule has 0 atom stereocenters. The Morgan fingerprint density at radius 2 is 2.36 bits per heavy atom. The van der Waals surface area contributed by atoms with Crippen LogP contribution in [0.4, 0.5) is 5.69 Å². The molecule has 1 amide bonds. The molecule has 0 bridgehead atoms. The lowest BCUT2D eigenvalue weighted by atomic mass is 10.1. The molecule has 0 radical (unpaired) electrons. The van der Waals surface area contributed by atoms with Crippen molar-refractivity contribution >= 4 is 33.0 Å². The van der Waals surface area contributed by atoms with Crippen molar-refractivity contribution in [3.05, 3.63) is 29.4 Å². The normalized spacial score (nSPS) is 14.8. The number of nitrogens with one attached hydrogen (secondary N) is 2. The summed E-state index contributed by atoms with van der Waals surface area (Å²) >= 11 is 1.15. The van der Waals surface area contributed by atoms with Crippen molar-refractivity contribution in [1.82, 2.24) is 14.9 Å². The highest BCUT2D eigenvalue weighted by Crippen LogP contribution is 2.25. The van der Waals surface area contributed by atoms with Crippen molar-refractivity contribution in [1.29, 1.82) is 0 Å². The van der Waals surface area contributed by atoms with Crippen molar-refractivity contribution in [3.63, 3.8) is 0 Å². The fourth-order valence-electron chi connectivity index (χ4n) is 2.43. The lowest BCUT2D eigenvalue weighted by Gasteiger charge is -2.26. The summed E-state index contributed by atoms with van der Waals surface area (Å²) in [6.45, 7) is 0.728. The Kier molecular flexibility index (Phi) is 4.27. The Labute approximate surface area is 132 Å². The van der Waals surface area contributed by atoms with E-state index >= 15 is 0 Å². The third kappa shape index (κ3) is 3.06. The number of amides is 1. The van der Waals surface area contributed by atoms with E-state index in [-0.39, 0.29) is 23.1 Å². The van der Waals surface area contributed by atoms with E-state index < -0.39 is 10.0 Å². The molecule has 2 N–H and O–H groups in total. The number of hydrogen-bond acceptors (Lipinski definition) is 5. The highest BCUT2D eigenvalue weighted by Gasteiger charge is 2.24. The third-order valence-corrected chi connectivity index (χ3v) is 6.35. The summed E-state index contributed by atoms with van der Waals surface area (Å²) < 4.78 is 26.7. The Morgan fingerprint density at radius 3 is 3.14 bits per heavy atom. The molecular formula is C13H16N4O3S2. The number of thiophene rings is 1. The van der Waals surface area contributed by atoms with Gasteiger partial charge in [-0.2, -0.15) is 5.10 Å². The van der Waals surface area contributed by atoms with E-state index in [1.165, 1.54) is 6.07 Å². The molecule has 0 saturated carbocycles. The highest BCUT2D eigenvalue weighted by molar-refractivity contribution is 7.91. The van der Waals surface area contributed by atoms with Crippen LogP contribution in [-0.2, 0) is 21.2 Å². The summed E-state index contributed by atoms with van der Waals surface area (Å²) in [5.74, 6) is -0.101. The zero-order chi connectivity index (χ0) is 15.6. The fraction of sp³-hybridized carbons (Fsp3) is 0.385. The average molecular weight is 340 g/mol. The minimum absolute atomic E-state index is 0.0861. The lowest BCUT2D eigenvalue weighted by molar-refractivity contribution is -0.118. The standard InChI is InChI=1S/C13H16N4O3S2/c18-12(17-7-1-3-10-11(17)9-14-16-10)5-6-15-22(19,20)13-4-2-8-21-13/h2,4,8-9,15H,1,3,5-7H2,(H,14,16). The van der Waals surface area contributed by atoms with E-state index in [2.05, 4.69) is 14.9 Å². The average Bonchev–Trinajstić information content (AvgIpc) is 3.17. The smallest absolute Gasteiger partial charge is 0.250 e. The Hall–Kier alpha value is -1.71. The minimum atomic E-state index is -3.51. The van der Waals surface area contributed by atoms with E-state index in [1.807, 2.05) is 0 Å². The first-order chi connectivity index (χ1) is 10.6. The lowest BCUT2D eigenvalue weighted by Crippen LogP contribution is -2.37. The van der Waals surface area contributed by atoms with Gasteiger partial charge in [-0.25, -0.2) is 13.1 Å². The van der Waals surface area contributed by atoms with Gasteiger partial charge in [0.25, 0.3) is 0 Å². The van der Waals surface area contributed by atoms with Crippen molar-refractivity contribution in [2.45, 2.75) is 23.5 Å². The van der Waals surface area contributed by atoms with Gasteiger partial charge in [0.1, 0.15) is 4.21 Å². The van der Waals surface area contributed by atoms with Gasteiger partial charge in [-0.1, -0.05) is 6.07 Å². The molecule has 0 aromatic carbocycles. The van der Waals surface area contributed by atoms with Gasteiger partial charge in [-0.05, 0) is 24.3 Å². The first-order valence-corrected chi connectivity index (χ1v) is 9.30. The number of aromatic amines is 1. The maximum Gasteiger partial charge on any atom is 0.250 e. The number of carbonyl (C=O) groups is 1. The molecule has 1 aliphatic heterocycles. The van der Waals surface area contributed by atoms with Gasteiger partial charge in [0.15, 0.2) is 0 Å². The van der Waals surface area contributed by atoms with Crippen molar-refractivity contribution in [2.24, 2.45) is 0 Å². The fourth-order valence-corrected chi connectivity index (χ4v) is 4.50. The summed E-state index contributed by atoms with van der Waals surface area (Å²) in [5, 5.41) is 8.55. The molecule has 2 aromatic heterocycles. The number of hydrogen-bond donors (Lipinski definition) is 2. The topological polar surface area (TPSA) is 95.2 Å². The zero-order valence-corrected chi connectivity index (χ0v) is 13.4. The number of aryl methyl sites for hydroxylation is 1. The monoisotopic (exact) mass is 340 g/mol. The van der Waals surface area contributed by atoms with Gasteiger partial charge < -0.3 is 4.90 Å². The SMILES string of the molecule is O=C(CCNS(=O)(=O)c1cccs1)N1CCCc2[nH]ncc21. The van der Waals surface area contributed by atoms with Crippen LogP contribution in [0, 0.1) is 0 Å². The molecule has 0 unspecified atom stereocenters. The maximum atomic E-state index is 12.3. The maximum absolute atomic E-state index is 12.3. The number of carbonyl (C=O) groups excluding carboxylic acids is 1. The van der Waals surface area contributed by atoms with Crippen molar-refractivity contribution < 1.29 is 13.2 Å². The Bertz CT molecular complexity index is 752. The van der Waals surface area contributed by atoms with Crippen LogP contribution in [0.5, 0.6) is 0 Å². The van der Waals surface area contributed by atoms with Crippen LogP contribution < -0.4 is 9.62 Å². The minimum Gasteiger partial charge on any atom is -0.309 e.